The fourth-order valence-electron chi connectivity index (χ4n) is 3.89. The summed E-state index contributed by atoms with van der Waals surface area (Å²) >= 11 is 6.29. The van der Waals surface area contributed by atoms with Crippen LogP contribution in [0.4, 0.5) is 5.69 Å². The summed E-state index contributed by atoms with van der Waals surface area (Å²) in [6.07, 6.45) is 1.44. The lowest BCUT2D eigenvalue weighted by atomic mass is 10.1. The van der Waals surface area contributed by atoms with Crippen molar-refractivity contribution in [1.82, 2.24) is 19.4 Å². The van der Waals surface area contributed by atoms with Crippen molar-refractivity contribution in [3.8, 4) is 0 Å². The molecule has 0 aliphatic carbocycles. The standard InChI is InChI=1S/C23H26ClN5O3S/c1-17-7-3-4-8-18(17)15-25-22(30)19-16-27(2)26-23(19)33(31,32)29-13-11-28(12-14-29)21-10-6-5-9-20(21)24/h3-10,16H,11-15H2,1-2H3,(H,25,30). The van der Waals surface area contributed by atoms with Crippen LogP contribution in [-0.2, 0) is 23.6 Å². The molecule has 1 fully saturated rings. The van der Waals surface area contributed by atoms with E-state index in [4.69, 9.17) is 11.6 Å². The molecule has 10 heteroatoms. The van der Waals surface area contributed by atoms with Gasteiger partial charge in [-0.25, -0.2) is 8.42 Å². The maximum atomic E-state index is 13.4. The Bertz CT molecular complexity index is 1270. The number of amides is 1. The van der Waals surface area contributed by atoms with Gasteiger partial charge < -0.3 is 10.2 Å². The first-order chi connectivity index (χ1) is 15.8. The molecule has 1 aliphatic rings. The highest BCUT2D eigenvalue weighted by molar-refractivity contribution is 7.89. The van der Waals surface area contributed by atoms with E-state index in [2.05, 4.69) is 15.3 Å². The van der Waals surface area contributed by atoms with Gasteiger partial charge >= 0.3 is 0 Å². The second-order valence-electron chi connectivity index (χ2n) is 7.97. The monoisotopic (exact) mass is 487 g/mol. The van der Waals surface area contributed by atoms with E-state index < -0.39 is 15.9 Å². The Morgan fingerprint density at radius 1 is 1.06 bits per heavy atom. The van der Waals surface area contributed by atoms with Gasteiger partial charge in [0.25, 0.3) is 15.9 Å². The number of hydrogen-bond acceptors (Lipinski definition) is 5. The van der Waals surface area contributed by atoms with Crippen LogP contribution in [-0.4, -0.2) is 54.6 Å². The Hall–Kier alpha value is -2.88. The average Bonchev–Trinajstić information content (AvgIpc) is 3.21. The highest BCUT2D eigenvalue weighted by Gasteiger charge is 2.34. The van der Waals surface area contributed by atoms with Crippen molar-refractivity contribution in [3.63, 3.8) is 0 Å². The summed E-state index contributed by atoms with van der Waals surface area (Å²) in [7, 11) is -2.34. The van der Waals surface area contributed by atoms with Crippen LogP contribution in [0.1, 0.15) is 21.5 Å². The minimum atomic E-state index is -3.94. The third kappa shape index (κ3) is 4.90. The van der Waals surface area contributed by atoms with Crippen molar-refractivity contribution in [3.05, 3.63) is 76.4 Å². The van der Waals surface area contributed by atoms with Gasteiger partial charge in [-0.15, -0.1) is 0 Å². The zero-order chi connectivity index (χ0) is 23.6. The topological polar surface area (TPSA) is 87.5 Å². The van der Waals surface area contributed by atoms with Gasteiger partial charge in [0.15, 0.2) is 0 Å². The first kappa shape index (κ1) is 23.3. The van der Waals surface area contributed by atoms with Gasteiger partial charge in [0, 0.05) is 46.0 Å². The lowest BCUT2D eigenvalue weighted by Gasteiger charge is -2.35. The van der Waals surface area contributed by atoms with E-state index in [1.165, 1.54) is 15.2 Å². The van der Waals surface area contributed by atoms with Crippen LogP contribution >= 0.6 is 11.6 Å². The van der Waals surface area contributed by atoms with E-state index in [1.807, 2.05) is 55.5 Å². The number of hydrogen-bond donors (Lipinski definition) is 1. The van der Waals surface area contributed by atoms with Crippen LogP contribution in [0.25, 0.3) is 0 Å². The smallest absolute Gasteiger partial charge is 0.263 e. The zero-order valence-electron chi connectivity index (χ0n) is 18.5. The first-order valence-corrected chi connectivity index (χ1v) is 12.4. The van der Waals surface area contributed by atoms with Crippen molar-refractivity contribution in [1.29, 1.82) is 0 Å². The molecule has 0 unspecified atom stereocenters. The molecule has 1 aromatic heterocycles. The number of para-hydroxylation sites is 1. The van der Waals surface area contributed by atoms with Crippen LogP contribution in [0.3, 0.4) is 0 Å². The summed E-state index contributed by atoms with van der Waals surface area (Å²) in [4.78, 5) is 15.0. The second-order valence-corrected chi connectivity index (χ2v) is 10.2. The maximum absolute atomic E-state index is 13.4. The molecule has 8 nitrogen and oxygen atoms in total. The molecule has 0 bridgehead atoms. The number of nitrogens with zero attached hydrogens (tertiary/aromatic N) is 4. The third-order valence-corrected chi connectivity index (χ3v) is 7.91. The number of piperazine rings is 1. The van der Waals surface area contributed by atoms with Crippen LogP contribution < -0.4 is 10.2 Å². The SMILES string of the molecule is Cc1ccccc1CNC(=O)c1cn(C)nc1S(=O)(=O)N1CCN(c2ccccc2Cl)CC1. The molecular formula is C23H26ClN5O3S. The molecule has 0 spiro atoms. The molecular weight excluding hydrogens is 462 g/mol. The average molecular weight is 488 g/mol. The number of carbonyl (C=O) groups excluding carboxylic acids is 1. The van der Waals surface area contributed by atoms with Crippen molar-refractivity contribution in [2.24, 2.45) is 7.05 Å². The molecule has 1 aliphatic heterocycles. The summed E-state index contributed by atoms with van der Waals surface area (Å²) in [6, 6.07) is 15.2. The Labute approximate surface area is 198 Å². The van der Waals surface area contributed by atoms with Crippen molar-refractivity contribution in [2.75, 3.05) is 31.1 Å². The summed E-state index contributed by atoms with van der Waals surface area (Å²) in [6.45, 7) is 3.79. The highest BCUT2D eigenvalue weighted by Crippen LogP contribution is 2.27. The van der Waals surface area contributed by atoms with Gasteiger partial charge in [-0.3, -0.25) is 9.48 Å². The summed E-state index contributed by atoms with van der Waals surface area (Å²) in [5.74, 6) is -0.473. The van der Waals surface area contributed by atoms with E-state index >= 15 is 0 Å². The van der Waals surface area contributed by atoms with Gasteiger partial charge in [0.2, 0.25) is 5.03 Å². The van der Waals surface area contributed by atoms with Gasteiger partial charge in [0.05, 0.1) is 16.3 Å². The minimum absolute atomic E-state index is 0.0413. The highest BCUT2D eigenvalue weighted by atomic mass is 35.5. The zero-order valence-corrected chi connectivity index (χ0v) is 20.1. The Kier molecular flexibility index (Phi) is 6.73. The molecule has 1 saturated heterocycles. The fourth-order valence-corrected chi connectivity index (χ4v) is 5.69. The van der Waals surface area contributed by atoms with E-state index in [0.717, 1.165) is 16.8 Å². The lowest BCUT2D eigenvalue weighted by molar-refractivity contribution is 0.0947. The molecule has 1 N–H and O–H groups in total. The number of sulfonamides is 1. The second kappa shape index (κ2) is 9.54. The van der Waals surface area contributed by atoms with Crippen LogP contribution in [0, 0.1) is 6.92 Å². The minimum Gasteiger partial charge on any atom is -0.368 e. The van der Waals surface area contributed by atoms with Gasteiger partial charge in [-0.1, -0.05) is 48.0 Å². The Balaban J connectivity index is 1.49. The molecule has 2 aromatic carbocycles. The normalized spacial score (nSPS) is 14.9. The lowest BCUT2D eigenvalue weighted by Crippen LogP contribution is -2.49. The van der Waals surface area contributed by atoms with E-state index in [0.29, 0.717) is 24.7 Å². The molecule has 2 heterocycles. The predicted molar refractivity (Wildman–Crippen MR) is 128 cm³/mol. The molecule has 4 rings (SSSR count). The predicted octanol–water partition coefficient (Wildman–Crippen LogP) is 2.82. The van der Waals surface area contributed by atoms with Crippen LogP contribution in [0.15, 0.2) is 59.8 Å². The number of nitrogens with one attached hydrogen (secondary N) is 1. The van der Waals surface area contributed by atoms with E-state index in [9.17, 15) is 13.2 Å². The molecule has 0 atom stereocenters. The van der Waals surface area contributed by atoms with Crippen LogP contribution in [0.2, 0.25) is 5.02 Å². The van der Waals surface area contributed by atoms with Gasteiger partial charge in [0.1, 0.15) is 0 Å². The maximum Gasteiger partial charge on any atom is 0.263 e. The molecule has 1 amide bonds. The number of benzene rings is 2. The van der Waals surface area contributed by atoms with Gasteiger partial charge in [-0.05, 0) is 30.2 Å². The number of halogens is 1. The number of anilines is 1. The van der Waals surface area contributed by atoms with E-state index in [1.54, 1.807) is 7.05 Å². The number of carbonyl (C=O) groups is 1. The molecule has 174 valence electrons. The number of rotatable bonds is 6. The molecule has 0 saturated carbocycles. The molecule has 33 heavy (non-hydrogen) atoms. The molecule has 3 aromatic rings. The van der Waals surface area contributed by atoms with Crippen molar-refractivity contribution >= 4 is 33.2 Å². The fraction of sp³-hybridized carbons (Fsp3) is 0.304. The third-order valence-electron chi connectivity index (χ3n) is 5.76. The van der Waals surface area contributed by atoms with Crippen molar-refractivity contribution in [2.45, 2.75) is 18.5 Å². The Morgan fingerprint density at radius 3 is 2.42 bits per heavy atom. The van der Waals surface area contributed by atoms with Crippen LogP contribution in [0.5, 0.6) is 0 Å². The van der Waals surface area contributed by atoms with E-state index in [-0.39, 0.29) is 23.7 Å². The summed E-state index contributed by atoms with van der Waals surface area (Å²) in [5.41, 5.74) is 2.94. The number of aryl methyl sites for hydroxylation is 2. The summed E-state index contributed by atoms with van der Waals surface area (Å²) in [5, 5.41) is 7.36. The van der Waals surface area contributed by atoms with Crippen molar-refractivity contribution < 1.29 is 13.2 Å². The number of aromatic nitrogens is 2. The summed E-state index contributed by atoms with van der Waals surface area (Å²) < 4.78 is 29.5. The quantitative estimate of drug-likeness (QED) is 0.577. The molecule has 0 radical (unpaired) electrons. The Morgan fingerprint density at radius 2 is 1.73 bits per heavy atom. The van der Waals surface area contributed by atoms with Gasteiger partial charge in [-0.2, -0.15) is 9.40 Å². The first-order valence-electron chi connectivity index (χ1n) is 10.6. The largest absolute Gasteiger partial charge is 0.368 e.